The molecule has 1 aliphatic carbocycles. The molecule has 4 atom stereocenters. The maximum atomic E-state index is 14.0. The summed E-state index contributed by atoms with van der Waals surface area (Å²) in [5.41, 5.74) is 22.9. The number of nitrogens with two attached hydrogens (primary N) is 4. The van der Waals surface area contributed by atoms with E-state index in [9.17, 15) is 29.1 Å². The van der Waals surface area contributed by atoms with Crippen LogP contribution in [0.4, 0.5) is 0 Å². The van der Waals surface area contributed by atoms with Crippen LogP contribution < -0.4 is 33.6 Å². The fourth-order valence-electron chi connectivity index (χ4n) is 6.01. The van der Waals surface area contributed by atoms with Crippen LogP contribution in [0.1, 0.15) is 68.9 Å². The van der Waals surface area contributed by atoms with Crippen LogP contribution in [0.3, 0.4) is 0 Å². The number of amides is 4. The second kappa shape index (κ2) is 16.4. The van der Waals surface area contributed by atoms with Gasteiger partial charge in [-0.3, -0.25) is 29.6 Å². The first-order chi connectivity index (χ1) is 21.4. The van der Waals surface area contributed by atoms with Crippen molar-refractivity contribution in [2.45, 2.75) is 82.3 Å². The zero-order valence-electron chi connectivity index (χ0n) is 25.4. The van der Waals surface area contributed by atoms with Crippen LogP contribution in [-0.2, 0) is 30.4 Å². The summed E-state index contributed by atoms with van der Waals surface area (Å²) < 4.78 is 0. The number of aliphatic carboxylic acids is 1. The van der Waals surface area contributed by atoms with Gasteiger partial charge >= 0.3 is 5.97 Å². The molecule has 12 N–H and O–H groups in total. The molecule has 1 aliphatic heterocycles. The van der Waals surface area contributed by atoms with Crippen molar-refractivity contribution in [3.05, 3.63) is 35.4 Å². The summed E-state index contributed by atoms with van der Waals surface area (Å²) in [4.78, 5) is 70.7. The number of rotatable bonds is 15. The molecule has 0 spiro atoms. The van der Waals surface area contributed by atoms with Crippen molar-refractivity contribution in [3.8, 4) is 0 Å². The number of primary amides is 1. The second-order valence-corrected chi connectivity index (χ2v) is 11.7. The zero-order chi connectivity index (χ0) is 33.1. The van der Waals surface area contributed by atoms with E-state index in [1.165, 1.54) is 4.90 Å². The van der Waals surface area contributed by atoms with Crippen molar-refractivity contribution in [2.24, 2.45) is 39.8 Å². The molecule has 0 bridgehead atoms. The predicted octanol–water partition coefficient (Wildman–Crippen LogP) is -0.706. The van der Waals surface area contributed by atoms with E-state index < -0.39 is 53.6 Å². The van der Waals surface area contributed by atoms with Gasteiger partial charge in [0.25, 0.3) is 0 Å². The highest BCUT2D eigenvalue weighted by atomic mass is 16.4. The minimum atomic E-state index is -1.33. The molecular formula is C30H45N9O6. The highest BCUT2D eigenvalue weighted by Gasteiger charge is 2.41. The first kappa shape index (κ1) is 34.8. The van der Waals surface area contributed by atoms with Gasteiger partial charge in [0.15, 0.2) is 5.96 Å². The average molecular weight is 628 g/mol. The lowest BCUT2D eigenvalue weighted by atomic mass is 9.83. The van der Waals surface area contributed by atoms with Crippen molar-refractivity contribution >= 4 is 41.4 Å². The van der Waals surface area contributed by atoms with Gasteiger partial charge in [-0.15, -0.1) is 0 Å². The third-order valence-electron chi connectivity index (χ3n) is 8.45. The van der Waals surface area contributed by atoms with Crippen LogP contribution in [0.5, 0.6) is 0 Å². The molecule has 3 rings (SSSR count). The molecule has 246 valence electrons. The Kier molecular flexibility index (Phi) is 12.7. The number of likely N-dealkylation sites (tertiary alicyclic amines) is 1. The minimum Gasteiger partial charge on any atom is -0.480 e. The lowest BCUT2D eigenvalue weighted by Crippen LogP contribution is -2.58. The van der Waals surface area contributed by atoms with Crippen molar-refractivity contribution in [3.63, 3.8) is 0 Å². The van der Waals surface area contributed by atoms with Crippen LogP contribution in [-0.4, -0.2) is 82.6 Å². The second-order valence-electron chi connectivity index (χ2n) is 11.7. The topological polar surface area (TPSA) is 273 Å². The zero-order valence-corrected chi connectivity index (χ0v) is 25.4. The molecule has 0 radical (unpaired) electrons. The van der Waals surface area contributed by atoms with Gasteiger partial charge in [-0.2, -0.15) is 0 Å². The molecule has 1 saturated carbocycles. The van der Waals surface area contributed by atoms with E-state index >= 15 is 0 Å². The maximum Gasteiger partial charge on any atom is 0.326 e. The molecule has 4 amide bonds. The smallest absolute Gasteiger partial charge is 0.326 e. The normalized spacial score (nSPS) is 18.7. The summed E-state index contributed by atoms with van der Waals surface area (Å²) in [7, 11) is 0. The molecule has 1 heterocycles. The van der Waals surface area contributed by atoms with Gasteiger partial charge in [0.05, 0.1) is 0 Å². The number of nitrogens with one attached hydrogen (secondary N) is 3. The fourth-order valence-corrected chi connectivity index (χ4v) is 6.01. The fraction of sp³-hybridized carbons (Fsp3) is 0.567. The Morgan fingerprint density at radius 2 is 1.60 bits per heavy atom. The number of aliphatic imine (C=N–C) groups is 1. The Morgan fingerprint density at radius 1 is 0.933 bits per heavy atom. The molecule has 1 saturated heterocycles. The number of carbonyl (C=O) groups excluding carboxylic acids is 4. The van der Waals surface area contributed by atoms with E-state index in [4.69, 9.17) is 28.3 Å². The summed E-state index contributed by atoms with van der Waals surface area (Å²) in [5.74, 6) is -5.69. The Bertz CT molecular complexity index is 1270. The van der Waals surface area contributed by atoms with Gasteiger partial charge in [-0.05, 0) is 56.4 Å². The molecule has 1 aromatic rings. The number of carboxylic acids is 1. The molecule has 15 heteroatoms. The molecule has 0 aromatic heterocycles. The van der Waals surface area contributed by atoms with Gasteiger partial charge in [-0.25, -0.2) is 4.79 Å². The number of hydrogen-bond donors (Lipinski definition) is 8. The standard InChI is InChI=1S/C30H45N9O6/c31-24(32)19-12-10-17(11-13-19)16-20(28(43)39-15-5-9-22(39)29(44)45)26(41)38-23(18-6-2-1-3-7-18)27(42)37-21(25(33)40)8-4-14-36-30(34)35/h10-13,18,20-23H,1-9,14-16H2,(H3,31,32)(H2,33,40)(H,37,42)(H,38,41)(H,44,45)(H4,34,35,36)/t20?,21-,22?,23-/m0/s1. The lowest BCUT2D eigenvalue weighted by Gasteiger charge is -2.33. The summed E-state index contributed by atoms with van der Waals surface area (Å²) in [6, 6.07) is 3.35. The summed E-state index contributed by atoms with van der Waals surface area (Å²) >= 11 is 0. The van der Waals surface area contributed by atoms with Gasteiger partial charge in [0.2, 0.25) is 23.6 Å². The van der Waals surface area contributed by atoms with Crippen LogP contribution >= 0.6 is 0 Å². The quantitative estimate of drug-likeness (QED) is 0.0527. The van der Waals surface area contributed by atoms with Crippen LogP contribution in [0.25, 0.3) is 0 Å². The molecule has 45 heavy (non-hydrogen) atoms. The number of carbonyl (C=O) groups is 5. The van der Waals surface area contributed by atoms with Gasteiger partial charge in [0.1, 0.15) is 29.9 Å². The summed E-state index contributed by atoms with van der Waals surface area (Å²) in [6.45, 7) is 0.422. The molecule has 2 aliphatic rings. The van der Waals surface area contributed by atoms with Gasteiger partial charge in [0, 0.05) is 18.7 Å². The summed E-state index contributed by atoms with van der Waals surface area (Å²) in [5, 5.41) is 22.8. The van der Waals surface area contributed by atoms with Gasteiger partial charge < -0.3 is 43.6 Å². The maximum absolute atomic E-state index is 14.0. The average Bonchev–Trinajstić information content (AvgIpc) is 3.51. The molecule has 1 aromatic carbocycles. The van der Waals surface area contributed by atoms with Crippen LogP contribution in [0.2, 0.25) is 0 Å². The Hall–Kier alpha value is -4.69. The van der Waals surface area contributed by atoms with E-state index in [2.05, 4.69) is 15.6 Å². The number of benzene rings is 1. The predicted molar refractivity (Wildman–Crippen MR) is 167 cm³/mol. The molecule has 15 nitrogen and oxygen atoms in total. The number of nitrogen functional groups attached to an aromatic ring is 1. The third-order valence-corrected chi connectivity index (χ3v) is 8.45. The lowest BCUT2D eigenvalue weighted by molar-refractivity contribution is -0.152. The van der Waals surface area contributed by atoms with Crippen molar-refractivity contribution in [1.82, 2.24) is 15.5 Å². The van der Waals surface area contributed by atoms with Crippen molar-refractivity contribution < 1.29 is 29.1 Å². The monoisotopic (exact) mass is 627 g/mol. The highest BCUT2D eigenvalue weighted by Crippen LogP contribution is 2.28. The number of amidine groups is 1. The SMILES string of the molecule is N=C(N)c1ccc(CC(C(=O)N[C@H](C(=O)N[C@@H](CCCN=C(N)N)C(N)=O)C2CCCCC2)C(=O)N2CCCC2C(=O)O)cc1. The Labute approximate surface area is 262 Å². The minimum absolute atomic E-state index is 0.0700. The Morgan fingerprint density at radius 3 is 2.18 bits per heavy atom. The van der Waals surface area contributed by atoms with E-state index in [1.807, 2.05) is 0 Å². The van der Waals surface area contributed by atoms with Crippen molar-refractivity contribution in [2.75, 3.05) is 13.1 Å². The summed E-state index contributed by atoms with van der Waals surface area (Å²) in [6.07, 6.45) is 5.21. The number of nitrogens with zero attached hydrogens (tertiary/aromatic N) is 2. The van der Waals surface area contributed by atoms with E-state index in [1.54, 1.807) is 24.3 Å². The molecule has 2 unspecified atom stereocenters. The van der Waals surface area contributed by atoms with E-state index in [-0.39, 0.29) is 50.1 Å². The number of carboxylic acid groups (broad SMARTS) is 1. The molecular weight excluding hydrogens is 582 g/mol. The number of guanidine groups is 1. The van der Waals surface area contributed by atoms with Crippen LogP contribution in [0.15, 0.2) is 29.3 Å². The third kappa shape index (κ3) is 9.91. The van der Waals surface area contributed by atoms with Gasteiger partial charge in [-0.1, -0.05) is 43.5 Å². The Balaban J connectivity index is 1.87. The molecule has 2 fully saturated rings. The van der Waals surface area contributed by atoms with Crippen LogP contribution in [0, 0.1) is 17.2 Å². The number of hydrogen-bond acceptors (Lipinski definition) is 7. The van der Waals surface area contributed by atoms with Crippen molar-refractivity contribution in [1.29, 1.82) is 5.41 Å². The van der Waals surface area contributed by atoms with E-state index in [0.717, 1.165) is 19.3 Å². The first-order valence-electron chi connectivity index (χ1n) is 15.3. The largest absolute Gasteiger partial charge is 0.480 e. The first-order valence-corrected chi connectivity index (χ1v) is 15.3. The van der Waals surface area contributed by atoms with E-state index in [0.29, 0.717) is 36.8 Å². The highest BCUT2D eigenvalue weighted by molar-refractivity contribution is 6.03.